The van der Waals surface area contributed by atoms with E-state index in [1.165, 1.54) is 6.07 Å². The molecule has 3 heterocycles. The first kappa shape index (κ1) is 19.2. The van der Waals surface area contributed by atoms with E-state index in [-0.39, 0.29) is 11.6 Å². The molecule has 0 bridgehead atoms. The quantitative estimate of drug-likeness (QED) is 0.468. The van der Waals surface area contributed by atoms with E-state index < -0.39 is 4.92 Å². The molecular formula is C19H19N5O4S. The van der Waals surface area contributed by atoms with Crippen molar-refractivity contribution < 1.29 is 14.2 Å². The van der Waals surface area contributed by atoms with Gasteiger partial charge in [0.05, 0.1) is 16.3 Å². The smallest absolute Gasteiger partial charge is 0.273 e. The van der Waals surface area contributed by atoms with Gasteiger partial charge >= 0.3 is 0 Å². The molecule has 0 aliphatic carbocycles. The van der Waals surface area contributed by atoms with E-state index in [1.54, 1.807) is 35.3 Å². The Kier molecular flexibility index (Phi) is 5.36. The largest absolute Gasteiger partial charge is 0.338 e. The van der Waals surface area contributed by atoms with Gasteiger partial charge in [-0.1, -0.05) is 17.3 Å². The molecule has 1 saturated heterocycles. The molecular weight excluding hydrogens is 394 g/mol. The number of nitro groups is 1. The Morgan fingerprint density at radius 3 is 2.72 bits per heavy atom. The summed E-state index contributed by atoms with van der Waals surface area (Å²) >= 11 is 1.56. The SMILES string of the molecule is Cc1c(C(=O)N2CCN(Cc3nc(-c4cccs4)no3)CC2)cccc1[N+](=O)[O-]. The van der Waals surface area contributed by atoms with Crippen molar-refractivity contribution in [1.82, 2.24) is 19.9 Å². The zero-order chi connectivity index (χ0) is 20.4. The molecule has 29 heavy (non-hydrogen) atoms. The third kappa shape index (κ3) is 4.03. The maximum absolute atomic E-state index is 12.8. The lowest BCUT2D eigenvalue weighted by atomic mass is 10.1. The zero-order valence-corrected chi connectivity index (χ0v) is 16.6. The van der Waals surface area contributed by atoms with Gasteiger partial charge in [-0.15, -0.1) is 11.3 Å². The van der Waals surface area contributed by atoms with E-state index in [2.05, 4.69) is 15.0 Å². The first-order chi connectivity index (χ1) is 14.0. The number of benzene rings is 1. The lowest BCUT2D eigenvalue weighted by Gasteiger charge is -2.34. The molecule has 0 radical (unpaired) electrons. The molecule has 1 aliphatic rings. The van der Waals surface area contributed by atoms with Gasteiger partial charge < -0.3 is 9.42 Å². The number of nitrogens with zero attached hydrogens (tertiary/aromatic N) is 5. The van der Waals surface area contributed by atoms with Crippen LogP contribution in [0, 0.1) is 17.0 Å². The van der Waals surface area contributed by atoms with Crippen molar-refractivity contribution in [3.63, 3.8) is 0 Å². The Labute approximate surface area is 170 Å². The minimum atomic E-state index is -0.459. The summed E-state index contributed by atoms with van der Waals surface area (Å²) in [6.45, 7) is 4.53. The highest BCUT2D eigenvalue weighted by molar-refractivity contribution is 7.13. The summed E-state index contributed by atoms with van der Waals surface area (Å²) in [5, 5.41) is 17.1. The molecule has 4 rings (SSSR count). The van der Waals surface area contributed by atoms with Gasteiger partial charge in [-0.3, -0.25) is 19.8 Å². The summed E-state index contributed by atoms with van der Waals surface area (Å²) in [4.78, 5) is 32.8. The standard InChI is InChI=1S/C19H19N5O4S/c1-13-14(4-2-5-15(13)24(26)27)19(25)23-9-7-22(8-10-23)12-17-20-18(21-28-17)16-6-3-11-29-16/h2-6,11H,7-10,12H2,1H3. The molecule has 1 fully saturated rings. The van der Waals surface area contributed by atoms with Gasteiger partial charge in [0.15, 0.2) is 0 Å². The third-order valence-electron chi connectivity index (χ3n) is 4.96. The highest BCUT2D eigenvalue weighted by Gasteiger charge is 2.26. The van der Waals surface area contributed by atoms with Crippen LogP contribution in [-0.4, -0.2) is 56.9 Å². The predicted molar refractivity (Wildman–Crippen MR) is 107 cm³/mol. The molecule has 2 aromatic heterocycles. The number of hydrogen-bond acceptors (Lipinski definition) is 8. The lowest BCUT2D eigenvalue weighted by Crippen LogP contribution is -2.48. The first-order valence-corrected chi connectivity index (χ1v) is 10.0. The summed E-state index contributed by atoms with van der Waals surface area (Å²) in [7, 11) is 0. The zero-order valence-electron chi connectivity index (χ0n) is 15.8. The average Bonchev–Trinajstić information content (AvgIpc) is 3.40. The maximum atomic E-state index is 12.8. The van der Waals surface area contributed by atoms with E-state index in [9.17, 15) is 14.9 Å². The molecule has 1 aliphatic heterocycles. The van der Waals surface area contributed by atoms with Crippen molar-refractivity contribution in [2.24, 2.45) is 0 Å². The third-order valence-corrected chi connectivity index (χ3v) is 5.83. The van der Waals surface area contributed by atoms with Gasteiger partial charge in [0.1, 0.15) is 0 Å². The van der Waals surface area contributed by atoms with E-state index in [4.69, 9.17) is 4.52 Å². The molecule has 0 N–H and O–H groups in total. The fraction of sp³-hybridized carbons (Fsp3) is 0.316. The topological polar surface area (TPSA) is 106 Å². The monoisotopic (exact) mass is 413 g/mol. The number of rotatable bonds is 5. The first-order valence-electron chi connectivity index (χ1n) is 9.15. The Bertz CT molecular complexity index is 1030. The summed E-state index contributed by atoms with van der Waals surface area (Å²) in [5.41, 5.74) is 0.745. The van der Waals surface area contributed by atoms with E-state index in [0.29, 0.717) is 55.6 Å². The van der Waals surface area contributed by atoms with Crippen LogP contribution >= 0.6 is 11.3 Å². The van der Waals surface area contributed by atoms with Gasteiger partial charge in [0, 0.05) is 43.4 Å². The summed E-state index contributed by atoms with van der Waals surface area (Å²) < 4.78 is 5.35. The van der Waals surface area contributed by atoms with Crippen LogP contribution in [0.5, 0.6) is 0 Å². The Hall–Kier alpha value is -3.11. The number of carbonyl (C=O) groups is 1. The fourth-order valence-electron chi connectivity index (χ4n) is 3.35. The van der Waals surface area contributed by atoms with Gasteiger partial charge in [0.25, 0.3) is 11.6 Å². The van der Waals surface area contributed by atoms with E-state index >= 15 is 0 Å². The minimum absolute atomic E-state index is 0.0348. The van der Waals surface area contributed by atoms with Crippen LogP contribution in [0.1, 0.15) is 21.8 Å². The van der Waals surface area contributed by atoms with Crippen LogP contribution in [0.4, 0.5) is 5.69 Å². The van der Waals surface area contributed by atoms with E-state index in [1.807, 2.05) is 17.5 Å². The second-order valence-corrected chi connectivity index (χ2v) is 7.71. The Morgan fingerprint density at radius 2 is 2.03 bits per heavy atom. The Balaban J connectivity index is 1.37. The second kappa shape index (κ2) is 8.10. The molecule has 0 spiro atoms. The van der Waals surface area contributed by atoms with Crippen molar-refractivity contribution in [2.45, 2.75) is 13.5 Å². The highest BCUT2D eigenvalue weighted by Crippen LogP contribution is 2.24. The number of piperazine rings is 1. The summed E-state index contributed by atoms with van der Waals surface area (Å²) in [6, 6.07) is 8.49. The van der Waals surface area contributed by atoms with Crippen LogP contribution in [0.25, 0.3) is 10.7 Å². The van der Waals surface area contributed by atoms with Gasteiger partial charge in [0.2, 0.25) is 11.7 Å². The molecule has 9 nitrogen and oxygen atoms in total. The maximum Gasteiger partial charge on any atom is 0.273 e. The van der Waals surface area contributed by atoms with Crippen molar-refractivity contribution in [1.29, 1.82) is 0 Å². The number of thiophene rings is 1. The van der Waals surface area contributed by atoms with Crippen LogP contribution < -0.4 is 0 Å². The fourth-order valence-corrected chi connectivity index (χ4v) is 4.00. The van der Waals surface area contributed by atoms with Crippen molar-refractivity contribution in [3.8, 4) is 10.7 Å². The van der Waals surface area contributed by atoms with Crippen molar-refractivity contribution in [2.75, 3.05) is 26.2 Å². The molecule has 0 unspecified atom stereocenters. The van der Waals surface area contributed by atoms with Crippen LogP contribution in [0.15, 0.2) is 40.2 Å². The summed E-state index contributed by atoms with van der Waals surface area (Å²) in [5.74, 6) is 0.955. The van der Waals surface area contributed by atoms with Crippen molar-refractivity contribution in [3.05, 3.63) is 62.8 Å². The number of aromatic nitrogens is 2. The molecule has 1 amide bonds. The van der Waals surface area contributed by atoms with Crippen molar-refractivity contribution >= 4 is 22.9 Å². The number of amides is 1. The number of hydrogen-bond donors (Lipinski definition) is 0. The molecule has 1 aromatic carbocycles. The molecule has 0 atom stereocenters. The van der Waals surface area contributed by atoms with Crippen LogP contribution in [0.3, 0.4) is 0 Å². The number of nitro benzene ring substituents is 1. The molecule has 0 saturated carbocycles. The number of carbonyl (C=O) groups excluding carboxylic acids is 1. The predicted octanol–water partition coefficient (Wildman–Crippen LogP) is 2.97. The molecule has 10 heteroatoms. The van der Waals surface area contributed by atoms with Crippen LogP contribution in [-0.2, 0) is 6.54 Å². The van der Waals surface area contributed by atoms with Gasteiger partial charge in [-0.2, -0.15) is 4.98 Å². The second-order valence-electron chi connectivity index (χ2n) is 6.76. The van der Waals surface area contributed by atoms with Crippen LogP contribution in [0.2, 0.25) is 0 Å². The van der Waals surface area contributed by atoms with Gasteiger partial charge in [-0.25, -0.2) is 0 Å². The molecule has 150 valence electrons. The lowest BCUT2D eigenvalue weighted by molar-refractivity contribution is -0.385. The highest BCUT2D eigenvalue weighted by atomic mass is 32.1. The normalized spacial score (nSPS) is 14.9. The average molecular weight is 413 g/mol. The molecule has 3 aromatic rings. The van der Waals surface area contributed by atoms with E-state index in [0.717, 1.165) is 4.88 Å². The van der Waals surface area contributed by atoms with Gasteiger partial charge in [-0.05, 0) is 24.4 Å². The Morgan fingerprint density at radius 1 is 1.24 bits per heavy atom. The summed E-state index contributed by atoms with van der Waals surface area (Å²) in [6.07, 6.45) is 0. The minimum Gasteiger partial charge on any atom is -0.338 e.